The number of hydrogen-bond acceptors (Lipinski definition) is 4. The van der Waals surface area contributed by atoms with Crippen LogP contribution in [0.4, 0.5) is 8.78 Å². The van der Waals surface area contributed by atoms with E-state index in [1.807, 2.05) is 0 Å². The van der Waals surface area contributed by atoms with E-state index in [2.05, 4.69) is 5.32 Å². The summed E-state index contributed by atoms with van der Waals surface area (Å²) in [4.78, 5) is 12.1. The Kier molecular flexibility index (Phi) is 5.89. The van der Waals surface area contributed by atoms with E-state index >= 15 is 0 Å². The fourth-order valence-corrected chi connectivity index (χ4v) is 3.63. The number of hydrogen-bond donors (Lipinski definition) is 1. The monoisotopic (exact) mass is 362 g/mol. The van der Waals surface area contributed by atoms with Gasteiger partial charge in [-0.3, -0.25) is 4.79 Å². The molecule has 0 spiro atoms. The normalized spacial score (nSPS) is 21.2. The molecule has 24 heavy (non-hydrogen) atoms. The number of sulfonamides is 1. The zero-order valence-electron chi connectivity index (χ0n) is 13.5. The summed E-state index contributed by atoms with van der Waals surface area (Å²) in [6, 6.07) is 3.15. The van der Waals surface area contributed by atoms with Crippen LogP contribution in [0.5, 0.6) is 0 Å². The summed E-state index contributed by atoms with van der Waals surface area (Å²) >= 11 is 0. The molecule has 1 amide bonds. The summed E-state index contributed by atoms with van der Waals surface area (Å²) in [6.45, 7) is 0.400. The fourth-order valence-electron chi connectivity index (χ4n) is 2.46. The number of nitrogens with zero attached hydrogens (tertiary/aromatic N) is 1. The van der Waals surface area contributed by atoms with Crippen LogP contribution in [0.15, 0.2) is 18.2 Å². The van der Waals surface area contributed by atoms with E-state index in [1.54, 1.807) is 0 Å². The van der Waals surface area contributed by atoms with Crippen LogP contribution in [0.25, 0.3) is 0 Å². The molecule has 1 aliphatic heterocycles. The molecule has 0 radical (unpaired) electrons. The molecule has 0 aliphatic carbocycles. The number of benzene rings is 1. The summed E-state index contributed by atoms with van der Waals surface area (Å²) < 4.78 is 57.0. The van der Waals surface area contributed by atoms with Gasteiger partial charge in [-0.1, -0.05) is 12.1 Å². The van der Waals surface area contributed by atoms with Gasteiger partial charge in [0, 0.05) is 25.6 Å². The van der Waals surface area contributed by atoms with Crippen LogP contribution >= 0.6 is 0 Å². The Morgan fingerprint density at radius 3 is 2.71 bits per heavy atom. The number of rotatable bonds is 6. The van der Waals surface area contributed by atoms with Crippen molar-refractivity contribution in [2.24, 2.45) is 5.92 Å². The second kappa shape index (κ2) is 7.54. The number of amides is 1. The van der Waals surface area contributed by atoms with Gasteiger partial charge in [-0.05, 0) is 6.07 Å². The van der Waals surface area contributed by atoms with E-state index in [-0.39, 0.29) is 31.0 Å². The van der Waals surface area contributed by atoms with Crippen molar-refractivity contribution in [3.63, 3.8) is 0 Å². The van der Waals surface area contributed by atoms with Crippen molar-refractivity contribution in [2.45, 2.75) is 12.5 Å². The van der Waals surface area contributed by atoms with Crippen LogP contribution in [-0.2, 0) is 26.0 Å². The smallest absolute Gasteiger partial charge is 0.224 e. The van der Waals surface area contributed by atoms with Gasteiger partial charge in [0.1, 0.15) is 0 Å². The highest BCUT2D eigenvalue weighted by molar-refractivity contribution is 7.89. The molecule has 1 fully saturated rings. The van der Waals surface area contributed by atoms with E-state index in [4.69, 9.17) is 4.74 Å². The van der Waals surface area contributed by atoms with E-state index < -0.39 is 39.5 Å². The maximum absolute atomic E-state index is 13.6. The van der Waals surface area contributed by atoms with Gasteiger partial charge in [0.05, 0.1) is 31.4 Å². The number of ether oxygens (including phenoxy) is 1. The number of nitrogens with one attached hydrogen (secondary N) is 1. The SMILES string of the molecule is CN(C)S(=O)(=O)C[C@@H]1COC[C@H]1NC(=O)Cc1cccc(F)c1F. The Morgan fingerprint density at radius 2 is 2.04 bits per heavy atom. The second-order valence-corrected chi connectivity index (χ2v) is 8.15. The van der Waals surface area contributed by atoms with E-state index in [0.29, 0.717) is 0 Å². The van der Waals surface area contributed by atoms with Gasteiger partial charge in [-0.25, -0.2) is 21.5 Å². The van der Waals surface area contributed by atoms with Crippen molar-refractivity contribution >= 4 is 15.9 Å². The molecule has 6 nitrogen and oxygen atoms in total. The maximum atomic E-state index is 13.6. The first kappa shape index (κ1) is 18.8. The average molecular weight is 362 g/mol. The molecule has 1 saturated heterocycles. The van der Waals surface area contributed by atoms with Crippen LogP contribution in [0.3, 0.4) is 0 Å². The number of carbonyl (C=O) groups is 1. The van der Waals surface area contributed by atoms with E-state index in [0.717, 1.165) is 10.4 Å². The molecule has 1 heterocycles. The Labute approximate surface area is 139 Å². The third-order valence-corrected chi connectivity index (χ3v) is 5.87. The van der Waals surface area contributed by atoms with Gasteiger partial charge < -0.3 is 10.1 Å². The first-order valence-electron chi connectivity index (χ1n) is 7.41. The molecule has 134 valence electrons. The standard InChI is InChI=1S/C15H20F2N2O4S/c1-19(2)24(21,22)9-11-7-23-8-13(11)18-14(20)6-10-4-3-5-12(16)15(10)17/h3-5,11,13H,6-9H2,1-2H3,(H,18,20)/t11-,13+/m0/s1. The Bertz CT molecular complexity index is 709. The van der Waals surface area contributed by atoms with Crippen molar-refractivity contribution < 1.29 is 26.7 Å². The third kappa shape index (κ3) is 4.49. The molecule has 1 N–H and O–H groups in total. The van der Waals surface area contributed by atoms with Crippen molar-refractivity contribution in [2.75, 3.05) is 33.1 Å². The number of carbonyl (C=O) groups excluding carboxylic acids is 1. The highest BCUT2D eigenvalue weighted by Crippen LogP contribution is 2.18. The molecule has 0 unspecified atom stereocenters. The molecule has 1 aromatic rings. The Balaban J connectivity index is 1.99. The maximum Gasteiger partial charge on any atom is 0.224 e. The van der Waals surface area contributed by atoms with Crippen LogP contribution in [0.1, 0.15) is 5.56 Å². The predicted molar refractivity (Wildman–Crippen MR) is 83.8 cm³/mol. The zero-order valence-corrected chi connectivity index (χ0v) is 14.3. The lowest BCUT2D eigenvalue weighted by Crippen LogP contribution is -2.44. The van der Waals surface area contributed by atoms with Crippen LogP contribution in [0, 0.1) is 17.6 Å². The van der Waals surface area contributed by atoms with Gasteiger partial charge in [0.2, 0.25) is 15.9 Å². The molecule has 1 aromatic carbocycles. The first-order chi connectivity index (χ1) is 11.2. The molecular formula is C15H20F2N2O4S. The Morgan fingerprint density at radius 1 is 1.33 bits per heavy atom. The van der Waals surface area contributed by atoms with Crippen molar-refractivity contribution in [1.82, 2.24) is 9.62 Å². The molecular weight excluding hydrogens is 342 g/mol. The van der Waals surface area contributed by atoms with Crippen molar-refractivity contribution in [1.29, 1.82) is 0 Å². The highest BCUT2D eigenvalue weighted by atomic mass is 32.2. The molecule has 2 rings (SSSR count). The summed E-state index contributed by atoms with van der Waals surface area (Å²) in [6.07, 6.45) is -0.326. The lowest BCUT2D eigenvalue weighted by atomic mass is 10.1. The lowest BCUT2D eigenvalue weighted by molar-refractivity contribution is -0.121. The molecule has 9 heteroatoms. The minimum Gasteiger partial charge on any atom is -0.379 e. The van der Waals surface area contributed by atoms with Gasteiger partial charge in [-0.2, -0.15) is 0 Å². The fraction of sp³-hybridized carbons (Fsp3) is 0.533. The topological polar surface area (TPSA) is 75.7 Å². The molecule has 0 bridgehead atoms. The van der Waals surface area contributed by atoms with Crippen molar-refractivity contribution in [3.8, 4) is 0 Å². The summed E-state index contributed by atoms with van der Waals surface area (Å²) in [5.74, 6) is -3.12. The second-order valence-electron chi connectivity index (χ2n) is 5.92. The predicted octanol–water partition coefficient (Wildman–Crippen LogP) is 0.530. The highest BCUT2D eigenvalue weighted by Gasteiger charge is 2.34. The molecule has 0 saturated carbocycles. The first-order valence-corrected chi connectivity index (χ1v) is 9.02. The molecule has 1 aliphatic rings. The van der Waals surface area contributed by atoms with E-state index in [1.165, 1.54) is 26.2 Å². The molecule has 2 atom stereocenters. The summed E-state index contributed by atoms with van der Waals surface area (Å²) in [7, 11) is -0.557. The number of halogens is 2. The van der Waals surface area contributed by atoms with Crippen LogP contribution < -0.4 is 5.32 Å². The van der Waals surface area contributed by atoms with Crippen molar-refractivity contribution in [3.05, 3.63) is 35.4 Å². The summed E-state index contributed by atoms with van der Waals surface area (Å²) in [5, 5.41) is 2.65. The third-order valence-electron chi connectivity index (χ3n) is 3.91. The largest absolute Gasteiger partial charge is 0.379 e. The summed E-state index contributed by atoms with van der Waals surface area (Å²) in [5.41, 5.74) is -0.0520. The van der Waals surface area contributed by atoms with Crippen LogP contribution in [0.2, 0.25) is 0 Å². The van der Waals surface area contributed by atoms with E-state index in [9.17, 15) is 22.0 Å². The van der Waals surface area contributed by atoms with Crippen LogP contribution in [-0.4, -0.2) is 57.7 Å². The van der Waals surface area contributed by atoms with Gasteiger partial charge in [0.25, 0.3) is 0 Å². The van der Waals surface area contributed by atoms with Gasteiger partial charge >= 0.3 is 0 Å². The van der Waals surface area contributed by atoms with Gasteiger partial charge in [-0.15, -0.1) is 0 Å². The molecule has 0 aromatic heterocycles. The Hall–Kier alpha value is -1.58. The average Bonchev–Trinajstić information content (AvgIpc) is 2.90. The quantitative estimate of drug-likeness (QED) is 0.801. The minimum atomic E-state index is -3.43. The lowest BCUT2D eigenvalue weighted by Gasteiger charge is -2.21. The minimum absolute atomic E-state index is 0.0520. The van der Waals surface area contributed by atoms with Gasteiger partial charge in [0.15, 0.2) is 11.6 Å². The zero-order chi connectivity index (χ0) is 17.9.